The number of hydrogen-bond donors (Lipinski definition) is 2. The first-order valence-electron chi connectivity index (χ1n) is 6.41. The molecule has 2 rings (SSSR count). The van der Waals surface area contributed by atoms with Crippen molar-refractivity contribution in [3.05, 3.63) is 29.6 Å². The van der Waals surface area contributed by atoms with Gasteiger partial charge in [-0.25, -0.2) is 15.0 Å². The van der Waals surface area contributed by atoms with E-state index in [0.717, 1.165) is 35.4 Å². The quantitative estimate of drug-likeness (QED) is 0.859. The largest absolute Gasteiger partial charge is 0.370 e. The summed E-state index contributed by atoms with van der Waals surface area (Å²) in [5, 5.41) is 6.57. The van der Waals surface area contributed by atoms with Gasteiger partial charge in [-0.3, -0.25) is 0 Å². The first kappa shape index (κ1) is 13.3. The molecule has 0 atom stereocenters. The molecule has 0 saturated carbocycles. The van der Waals surface area contributed by atoms with E-state index in [9.17, 15) is 0 Å². The number of rotatable bonds is 5. The molecule has 0 saturated heterocycles. The minimum Gasteiger partial charge on any atom is -0.370 e. The third-order valence-corrected chi connectivity index (χ3v) is 2.94. The van der Waals surface area contributed by atoms with Gasteiger partial charge in [-0.05, 0) is 20.8 Å². The molecule has 6 heteroatoms. The number of nitrogens with one attached hydrogen (secondary N) is 2. The number of nitrogens with zero attached hydrogens (tertiary/aromatic N) is 4. The molecule has 0 aromatic carbocycles. The first-order chi connectivity index (χ1) is 9.11. The van der Waals surface area contributed by atoms with E-state index in [1.54, 1.807) is 6.20 Å². The molecule has 0 radical (unpaired) electrons. The molecule has 0 amide bonds. The summed E-state index contributed by atoms with van der Waals surface area (Å²) >= 11 is 0. The monoisotopic (exact) mass is 260 g/mol. The van der Waals surface area contributed by atoms with Crippen LogP contribution in [0.25, 0.3) is 0 Å². The van der Waals surface area contributed by atoms with Gasteiger partial charge in [0, 0.05) is 31.5 Å². The van der Waals surface area contributed by atoms with Gasteiger partial charge in [-0.1, -0.05) is 0 Å². The highest BCUT2D eigenvalue weighted by Gasteiger charge is 2.09. The van der Waals surface area contributed by atoms with Crippen molar-refractivity contribution in [2.75, 3.05) is 17.2 Å². The van der Waals surface area contributed by atoms with Crippen LogP contribution in [-0.2, 0) is 13.6 Å². The molecule has 2 N–H and O–H groups in total. The fourth-order valence-electron chi connectivity index (χ4n) is 1.87. The molecule has 0 spiro atoms. The maximum absolute atomic E-state index is 4.45. The Kier molecular flexibility index (Phi) is 3.99. The van der Waals surface area contributed by atoms with Crippen molar-refractivity contribution in [2.24, 2.45) is 7.05 Å². The van der Waals surface area contributed by atoms with E-state index in [1.807, 2.05) is 31.7 Å². The van der Waals surface area contributed by atoms with E-state index >= 15 is 0 Å². The van der Waals surface area contributed by atoms with Crippen molar-refractivity contribution in [1.29, 1.82) is 0 Å². The molecule has 2 heterocycles. The van der Waals surface area contributed by atoms with Crippen LogP contribution in [0.5, 0.6) is 0 Å². The highest BCUT2D eigenvalue weighted by atomic mass is 15.1. The van der Waals surface area contributed by atoms with Gasteiger partial charge >= 0.3 is 0 Å². The van der Waals surface area contributed by atoms with Crippen LogP contribution in [0, 0.1) is 13.8 Å². The van der Waals surface area contributed by atoms with Gasteiger partial charge < -0.3 is 15.2 Å². The lowest BCUT2D eigenvalue weighted by atomic mass is 10.3. The molecule has 19 heavy (non-hydrogen) atoms. The molecule has 0 aliphatic rings. The lowest BCUT2D eigenvalue weighted by molar-refractivity contribution is 0.809. The molecule has 6 nitrogen and oxygen atoms in total. The molecule has 0 bridgehead atoms. The smallest absolute Gasteiger partial charge is 0.135 e. The van der Waals surface area contributed by atoms with Crippen LogP contribution in [0.15, 0.2) is 12.4 Å². The molecule has 2 aromatic heterocycles. The summed E-state index contributed by atoms with van der Waals surface area (Å²) in [6, 6.07) is 0. The Balaban J connectivity index is 2.18. The zero-order chi connectivity index (χ0) is 13.8. The average molecular weight is 260 g/mol. The molecule has 102 valence electrons. The number of aromatic nitrogens is 4. The molecular formula is C13H20N6. The third kappa shape index (κ3) is 3.01. The number of imidazole rings is 1. The normalized spacial score (nSPS) is 10.5. The van der Waals surface area contributed by atoms with Crippen LogP contribution in [0.1, 0.15) is 24.1 Å². The van der Waals surface area contributed by atoms with Gasteiger partial charge in [0.25, 0.3) is 0 Å². The standard InChI is InChI=1S/C13H20N6/c1-5-14-12-9(2)13(18-10(3)17-12)16-8-11-15-6-7-19(11)4/h6-7H,5,8H2,1-4H3,(H2,14,16,17,18). The fourth-order valence-corrected chi connectivity index (χ4v) is 1.87. The summed E-state index contributed by atoms with van der Waals surface area (Å²) in [6.45, 7) is 7.45. The van der Waals surface area contributed by atoms with E-state index in [0.29, 0.717) is 6.54 Å². The highest BCUT2D eigenvalue weighted by molar-refractivity contribution is 5.57. The molecule has 0 aliphatic carbocycles. The summed E-state index contributed by atoms with van der Waals surface area (Å²) in [5.41, 5.74) is 1.03. The van der Waals surface area contributed by atoms with E-state index in [4.69, 9.17) is 0 Å². The summed E-state index contributed by atoms with van der Waals surface area (Å²) < 4.78 is 1.99. The number of aryl methyl sites for hydroxylation is 2. The Hall–Kier alpha value is -2.11. The van der Waals surface area contributed by atoms with Crippen LogP contribution in [0.4, 0.5) is 11.6 Å². The zero-order valence-corrected chi connectivity index (χ0v) is 11.9. The maximum atomic E-state index is 4.45. The lowest BCUT2D eigenvalue weighted by Gasteiger charge is -2.13. The van der Waals surface area contributed by atoms with Crippen LogP contribution in [0.3, 0.4) is 0 Å². The second-order valence-corrected chi connectivity index (χ2v) is 4.43. The minimum atomic E-state index is 0.645. The van der Waals surface area contributed by atoms with Gasteiger partial charge in [0.05, 0.1) is 6.54 Å². The second kappa shape index (κ2) is 5.69. The van der Waals surface area contributed by atoms with Gasteiger partial charge in [0.1, 0.15) is 23.3 Å². The van der Waals surface area contributed by atoms with Gasteiger partial charge in [-0.2, -0.15) is 0 Å². The van der Waals surface area contributed by atoms with Gasteiger partial charge in [0.2, 0.25) is 0 Å². The molecule has 0 aliphatic heterocycles. The van der Waals surface area contributed by atoms with E-state index in [1.165, 1.54) is 0 Å². The van der Waals surface area contributed by atoms with Crippen molar-refractivity contribution in [3.8, 4) is 0 Å². The molecule has 2 aromatic rings. The van der Waals surface area contributed by atoms with Crippen LogP contribution in [-0.4, -0.2) is 26.1 Å². The van der Waals surface area contributed by atoms with Crippen molar-refractivity contribution in [1.82, 2.24) is 19.5 Å². The van der Waals surface area contributed by atoms with Crippen molar-refractivity contribution < 1.29 is 0 Å². The van der Waals surface area contributed by atoms with Crippen molar-refractivity contribution in [2.45, 2.75) is 27.3 Å². The topological polar surface area (TPSA) is 67.7 Å². The van der Waals surface area contributed by atoms with Crippen molar-refractivity contribution >= 4 is 11.6 Å². The zero-order valence-electron chi connectivity index (χ0n) is 11.9. The number of anilines is 2. The van der Waals surface area contributed by atoms with Crippen LogP contribution >= 0.6 is 0 Å². The third-order valence-electron chi connectivity index (χ3n) is 2.94. The Morgan fingerprint density at radius 1 is 1.16 bits per heavy atom. The summed E-state index contributed by atoms with van der Waals surface area (Å²) in [5.74, 6) is 3.47. The highest BCUT2D eigenvalue weighted by Crippen LogP contribution is 2.20. The van der Waals surface area contributed by atoms with Crippen LogP contribution in [0.2, 0.25) is 0 Å². The molecule has 0 fully saturated rings. The van der Waals surface area contributed by atoms with Gasteiger partial charge in [-0.15, -0.1) is 0 Å². The average Bonchev–Trinajstić information content (AvgIpc) is 2.77. The van der Waals surface area contributed by atoms with Crippen LogP contribution < -0.4 is 10.6 Å². The Labute approximate surface area is 113 Å². The van der Waals surface area contributed by atoms with Crippen molar-refractivity contribution in [3.63, 3.8) is 0 Å². The number of hydrogen-bond acceptors (Lipinski definition) is 5. The molecular weight excluding hydrogens is 240 g/mol. The SMILES string of the molecule is CCNc1nc(C)nc(NCc2nccn2C)c1C. The maximum Gasteiger partial charge on any atom is 0.135 e. The Morgan fingerprint density at radius 2 is 1.84 bits per heavy atom. The molecule has 0 unspecified atom stereocenters. The van der Waals surface area contributed by atoms with Gasteiger partial charge in [0.15, 0.2) is 0 Å². The Morgan fingerprint density at radius 3 is 2.42 bits per heavy atom. The Bertz CT molecular complexity index is 560. The van der Waals surface area contributed by atoms with E-state index < -0.39 is 0 Å². The minimum absolute atomic E-state index is 0.645. The predicted octanol–water partition coefficient (Wildman–Crippen LogP) is 1.87. The first-order valence-corrected chi connectivity index (χ1v) is 6.41. The predicted molar refractivity (Wildman–Crippen MR) is 76.2 cm³/mol. The second-order valence-electron chi connectivity index (χ2n) is 4.43. The van der Waals surface area contributed by atoms with E-state index in [2.05, 4.69) is 32.5 Å². The summed E-state index contributed by atoms with van der Waals surface area (Å²) in [4.78, 5) is 13.1. The summed E-state index contributed by atoms with van der Waals surface area (Å²) in [7, 11) is 1.98. The fraction of sp³-hybridized carbons (Fsp3) is 0.462. The van der Waals surface area contributed by atoms with E-state index in [-0.39, 0.29) is 0 Å². The lowest BCUT2D eigenvalue weighted by Crippen LogP contribution is -2.11. The summed E-state index contributed by atoms with van der Waals surface area (Å²) in [6.07, 6.45) is 3.72.